The summed E-state index contributed by atoms with van der Waals surface area (Å²) in [5.41, 5.74) is 2.06. The Kier molecular flexibility index (Phi) is 6.47. The number of ether oxygens (including phenoxy) is 1. The first-order valence-electron chi connectivity index (χ1n) is 9.56. The van der Waals surface area contributed by atoms with Gasteiger partial charge in [-0.05, 0) is 44.0 Å². The van der Waals surface area contributed by atoms with Gasteiger partial charge in [-0.25, -0.2) is 4.79 Å². The molecule has 0 atom stereocenters. The van der Waals surface area contributed by atoms with E-state index in [0.29, 0.717) is 25.4 Å². The van der Waals surface area contributed by atoms with Gasteiger partial charge in [0.25, 0.3) is 5.91 Å². The highest BCUT2D eigenvalue weighted by Crippen LogP contribution is 2.19. The molecular weight excluding hydrogens is 356 g/mol. The fraction of sp³-hybridized carbons (Fsp3) is 0.381. The van der Waals surface area contributed by atoms with E-state index in [0.717, 1.165) is 24.2 Å². The van der Waals surface area contributed by atoms with Gasteiger partial charge in [-0.3, -0.25) is 9.78 Å². The highest BCUT2D eigenvalue weighted by Gasteiger charge is 2.24. The largest absolute Gasteiger partial charge is 0.450 e. The number of rotatable bonds is 5. The number of benzene rings is 1. The fourth-order valence-electron chi connectivity index (χ4n) is 3.23. The Labute approximate surface area is 165 Å². The minimum Gasteiger partial charge on any atom is -0.450 e. The van der Waals surface area contributed by atoms with Crippen molar-refractivity contribution in [3.05, 3.63) is 54.4 Å². The van der Waals surface area contributed by atoms with Gasteiger partial charge < -0.3 is 19.9 Å². The molecule has 0 bridgehead atoms. The van der Waals surface area contributed by atoms with Gasteiger partial charge in [-0.15, -0.1) is 0 Å². The van der Waals surface area contributed by atoms with Crippen molar-refractivity contribution in [2.75, 3.05) is 37.0 Å². The quantitative estimate of drug-likeness (QED) is 0.858. The number of piperidine rings is 1. The van der Waals surface area contributed by atoms with Gasteiger partial charge in [0, 0.05) is 43.8 Å². The topological polar surface area (TPSA) is 74.8 Å². The molecule has 148 valence electrons. The minimum absolute atomic E-state index is 0.160. The fourth-order valence-corrected chi connectivity index (χ4v) is 3.23. The summed E-state index contributed by atoms with van der Waals surface area (Å²) in [4.78, 5) is 32.1. The van der Waals surface area contributed by atoms with Crippen LogP contribution in [0.1, 0.15) is 30.3 Å². The molecule has 3 rings (SSSR count). The molecule has 2 aromatic rings. The van der Waals surface area contributed by atoms with Crippen molar-refractivity contribution in [3.8, 4) is 0 Å². The van der Waals surface area contributed by atoms with Gasteiger partial charge in [-0.1, -0.05) is 18.2 Å². The summed E-state index contributed by atoms with van der Waals surface area (Å²) in [5, 5.41) is 3.46. The lowest BCUT2D eigenvalue weighted by Gasteiger charge is -2.32. The minimum atomic E-state index is -0.248. The predicted octanol–water partition coefficient (Wildman–Crippen LogP) is 3.39. The molecule has 0 radical (unpaired) electrons. The number of pyridine rings is 1. The first-order valence-corrected chi connectivity index (χ1v) is 9.56. The van der Waals surface area contributed by atoms with Crippen LogP contribution in [-0.4, -0.2) is 54.7 Å². The molecule has 1 aliphatic heterocycles. The maximum Gasteiger partial charge on any atom is 0.409 e. The van der Waals surface area contributed by atoms with E-state index in [2.05, 4.69) is 10.3 Å². The zero-order valence-electron chi connectivity index (χ0n) is 16.3. The van der Waals surface area contributed by atoms with Crippen molar-refractivity contribution in [1.29, 1.82) is 0 Å². The number of anilines is 2. The molecule has 28 heavy (non-hydrogen) atoms. The van der Waals surface area contributed by atoms with E-state index in [9.17, 15) is 9.59 Å². The number of likely N-dealkylation sites (tertiary alicyclic amines) is 1. The van der Waals surface area contributed by atoms with Crippen molar-refractivity contribution in [2.24, 2.45) is 0 Å². The molecule has 0 unspecified atom stereocenters. The van der Waals surface area contributed by atoms with Crippen LogP contribution in [0, 0.1) is 0 Å². The zero-order chi connectivity index (χ0) is 19.9. The van der Waals surface area contributed by atoms with E-state index < -0.39 is 0 Å². The van der Waals surface area contributed by atoms with E-state index in [1.807, 2.05) is 43.3 Å². The lowest BCUT2D eigenvalue weighted by Crippen LogP contribution is -2.42. The van der Waals surface area contributed by atoms with E-state index in [1.54, 1.807) is 29.1 Å². The van der Waals surface area contributed by atoms with E-state index >= 15 is 0 Å². The van der Waals surface area contributed by atoms with Crippen LogP contribution < -0.4 is 10.2 Å². The molecule has 2 heterocycles. The third-order valence-electron chi connectivity index (χ3n) is 4.82. The van der Waals surface area contributed by atoms with Crippen molar-refractivity contribution >= 4 is 23.4 Å². The standard InChI is InChI=1S/C21H26N4O3/c1-3-28-21(27)25-13-10-16(11-14-25)23-17-9-12-22-19(15-17)20(26)24(2)18-7-5-4-6-8-18/h4-9,12,15-16H,3,10-11,13-14H2,1-2H3,(H,22,23). The number of hydrogen-bond donors (Lipinski definition) is 1. The maximum atomic E-state index is 12.7. The Morgan fingerprint density at radius 1 is 1.21 bits per heavy atom. The summed E-state index contributed by atoms with van der Waals surface area (Å²) in [7, 11) is 1.74. The van der Waals surface area contributed by atoms with Gasteiger partial charge in [0.05, 0.1) is 6.61 Å². The number of carbonyl (C=O) groups excluding carboxylic acids is 2. The van der Waals surface area contributed by atoms with Crippen molar-refractivity contribution < 1.29 is 14.3 Å². The van der Waals surface area contributed by atoms with Crippen molar-refractivity contribution in [1.82, 2.24) is 9.88 Å². The van der Waals surface area contributed by atoms with Crippen molar-refractivity contribution in [2.45, 2.75) is 25.8 Å². The summed E-state index contributed by atoms with van der Waals surface area (Å²) in [6.07, 6.45) is 3.05. The lowest BCUT2D eigenvalue weighted by atomic mass is 10.1. The summed E-state index contributed by atoms with van der Waals surface area (Å²) in [6, 6.07) is 13.4. The van der Waals surface area contributed by atoms with E-state index in [1.165, 1.54) is 0 Å². The molecule has 1 N–H and O–H groups in total. The summed E-state index contributed by atoms with van der Waals surface area (Å²) >= 11 is 0. The Morgan fingerprint density at radius 2 is 1.93 bits per heavy atom. The normalized spacial score (nSPS) is 14.4. The first-order chi connectivity index (χ1) is 13.6. The second-order valence-corrected chi connectivity index (χ2v) is 6.73. The highest BCUT2D eigenvalue weighted by molar-refractivity contribution is 6.04. The number of nitrogens with one attached hydrogen (secondary N) is 1. The highest BCUT2D eigenvalue weighted by atomic mass is 16.6. The Balaban J connectivity index is 1.60. The summed E-state index contributed by atoms with van der Waals surface area (Å²) < 4.78 is 5.05. The molecule has 1 fully saturated rings. The van der Waals surface area contributed by atoms with Gasteiger partial charge in [0.15, 0.2) is 0 Å². The van der Waals surface area contributed by atoms with Crippen LogP contribution >= 0.6 is 0 Å². The number of nitrogens with zero attached hydrogens (tertiary/aromatic N) is 3. The average molecular weight is 382 g/mol. The molecule has 7 heteroatoms. The van der Waals surface area contributed by atoms with Gasteiger partial charge in [-0.2, -0.15) is 0 Å². The SMILES string of the molecule is CCOC(=O)N1CCC(Nc2ccnc(C(=O)N(C)c3ccccc3)c2)CC1. The van der Waals surface area contributed by atoms with Crippen LogP contribution in [0.5, 0.6) is 0 Å². The second-order valence-electron chi connectivity index (χ2n) is 6.73. The molecule has 0 aliphatic carbocycles. The molecule has 1 aromatic carbocycles. The molecule has 1 aromatic heterocycles. The second kappa shape index (κ2) is 9.21. The van der Waals surface area contributed by atoms with E-state index in [4.69, 9.17) is 4.74 Å². The maximum absolute atomic E-state index is 12.7. The van der Waals surface area contributed by atoms with Gasteiger partial charge >= 0.3 is 6.09 Å². The van der Waals surface area contributed by atoms with Gasteiger partial charge in [0.2, 0.25) is 0 Å². The summed E-state index contributed by atoms with van der Waals surface area (Å²) in [6.45, 7) is 3.51. The molecule has 1 saturated heterocycles. The number of aromatic nitrogens is 1. The Morgan fingerprint density at radius 3 is 2.61 bits per heavy atom. The third kappa shape index (κ3) is 4.79. The van der Waals surface area contributed by atoms with Crippen molar-refractivity contribution in [3.63, 3.8) is 0 Å². The molecule has 7 nitrogen and oxygen atoms in total. The average Bonchev–Trinajstić information content (AvgIpc) is 2.74. The molecule has 0 spiro atoms. The number of amides is 2. The van der Waals surface area contributed by atoms with E-state index in [-0.39, 0.29) is 18.0 Å². The Bertz CT molecular complexity index is 804. The lowest BCUT2D eigenvalue weighted by molar-refractivity contribution is 0.0976. The first kappa shape index (κ1) is 19.7. The molecule has 0 saturated carbocycles. The smallest absolute Gasteiger partial charge is 0.409 e. The number of hydrogen-bond acceptors (Lipinski definition) is 5. The van der Waals surface area contributed by atoms with Crippen LogP contribution in [0.3, 0.4) is 0 Å². The third-order valence-corrected chi connectivity index (χ3v) is 4.82. The Hall–Kier alpha value is -3.09. The van der Waals surface area contributed by atoms with Gasteiger partial charge in [0.1, 0.15) is 5.69 Å². The van der Waals surface area contributed by atoms with Crippen LogP contribution in [0.4, 0.5) is 16.2 Å². The predicted molar refractivity (Wildman–Crippen MR) is 109 cm³/mol. The number of para-hydroxylation sites is 1. The molecule has 2 amide bonds. The van der Waals surface area contributed by atoms with Crippen LogP contribution in [0.25, 0.3) is 0 Å². The molecular formula is C21H26N4O3. The number of carbonyl (C=O) groups is 2. The van der Waals surface area contributed by atoms with Crippen LogP contribution in [0.2, 0.25) is 0 Å². The van der Waals surface area contributed by atoms with Crippen LogP contribution in [0.15, 0.2) is 48.7 Å². The summed E-state index contributed by atoms with van der Waals surface area (Å²) in [5.74, 6) is -0.160. The monoisotopic (exact) mass is 382 g/mol. The molecule has 1 aliphatic rings. The van der Waals surface area contributed by atoms with Crippen LogP contribution in [-0.2, 0) is 4.74 Å². The zero-order valence-corrected chi connectivity index (χ0v) is 16.3.